The third-order valence-corrected chi connectivity index (χ3v) is 4.72. The molecule has 1 saturated heterocycles. The van der Waals surface area contributed by atoms with Crippen LogP contribution in [-0.2, 0) is 17.9 Å². The molecule has 24 heavy (non-hydrogen) atoms. The number of nitrogens with one attached hydrogen (secondary N) is 1. The molecule has 0 bridgehead atoms. The lowest BCUT2D eigenvalue weighted by Crippen LogP contribution is -2.42. The van der Waals surface area contributed by atoms with Crippen molar-refractivity contribution in [2.24, 2.45) is 0 Å². The van der Waals surface area contributed by atoms with Gasteiger partial charge < -0.3 is 9.73 Å². The maximum atomic E-state index is 12.5. The first kappa shape index (κ1) is 16.8. The van der Waals surface area contributed by atoms with Crippen LogP contribution in [0.3, 0.4) is 0 Å². The van der Waals surface area contributed by atoms with Crippen LogP contribution >= 0.6 is 0 Å². The van der Waals surface area contributed by atoms with Gasteiger partial charge in [0.1, 0.15) is 5.76 Å². The Kier molecular flexibility index (Phi) is 5.36. The maximum Gasteiger partial charge on any atom is 0.237 e. The minimum Gasteiger partial charge on any atom is -0.467 e. The number of likely N-dealkylation sites (tertiary alicyclic amines) is 1. The minimum atomic E-state index is -0.0373. The van der Waals surface area contributed by atoms with Gasteiger partial charge in [0.25, 0.3) is 0 Å². The van der Waals surface area contributed by atoms with Gasteiger partial charge in [0.05, 0.1) is 18.8 Å². The molecule has 1 aliphatic rings. The lowest BCUT2D eigenvalue weighted by molar-refractivity contribution is -0.125. The molecule has 2 heterocycles. The summed E-state index contributed by atoms with van der Waals surface area (Å²) in [6.45, 7) is 6.67. The van der Waals surface area contributed by atoms with Gasteiger partial charge in [0, 0.05) is 6.54 Å². The minimum absolute atomic E-state index is 0.0373. The summed E-state index contributed by atoms with van der Waals surface area (Å²) in [4.78, 5) is 14.8. The molecule has 1 aliphatic heterocycles. The van der Waals surface area contributed by atoms with Crippen molar-refractivity contribution in [3.8, 4) is 0 Å². The second kappa shape index (κ2) is 7.67. The summed E-state index contributed by atoms with van der Waals surface area (Å²) in [5.41, 5.74) is 2.62. The van der Waals surface area contributed by atoms with Crippen LogP contribution in [0.1, 0.15) is 49.5 Å². The Labute approximate surface area is 143 Å². The Hall–Kier alpha value is -2.07. The van der Waals surface area contributed by atoms with E-state index in [2.05, 4.69) is 48.3 Å². The number of amides is 1. The molecule has 3 rings (SSSR count). The zero-order valence-electron chi connectivity index (χ0n) is 14.5. The molecule has 4 nitrogen and oxygen atoms in total. The second-order valence-electron chi connectivity index (χ2n) is 6.82. The fraction of sp³-hybridized carbons (Fsp3) is 0.450. The van der Waals surface area contributed by atoms with Gasteiger partial charge >= 0.3 is 0 Å². The number of carbonyl (C=O) groups is 1. The fourth-order valence-electron chi connectivity index (χ4n) is 3.26. The zero-order chi connectivity index (χ0) is 16.9. The summed E-state index contributed by atoms with van der Waals surface area (Å²) in [6.07, 6.45) is 3.63. The molecule has 0 spiro atoms. The van der Waals surface area contributed by atoms with Crippen molar-refractivity contribution in [1.82, 2.24) is 10.2 Å². The normalized spacial score (nSPS) is 18.2. The number of hydrogen-bond donors (Lipinski definition) is 1. The molecule has 1 fully saturated rings. The highest BCUT2D eigenvalue weighted by Crippen LogP contribution is 2.22. The smallest absolute Gasteiger partial charge is 0.237 e. The molecule has 0 radical (unpaired) electrons. The van der Waals surface area contributed by atoms with E-state index in [1.807, 2.05) is 12.1 Å². The number of furan rings is 1. The van der Waals surface area contributed by atoms with E-state index in [0.29, 0.717) is 12.5 Å². The van der Waals surface area contributed by atoms with Crippen LogP contribution in [0.25, 0.3) is 0 Å². The number of nitrogens with zero attached hydrogens (tertiary/aromatic N) is 1. The first-order valence-corrected chi connectivity index (χ1v) is 8.76. The second-order valence-corrected chi connectivity index (χ2v) is 6.82. The molecule has 1 atom stereocenters. The summed E-state index contributed by atoms with van der Waals surface area (Å²) >= 11 is 0. The van der Waals surface area contributed by atoms with Gasteiger partial charge in [-0.1, -0.05) is 38.1 Å². The molecular weight excluding hydrogens is 300 g/mol. The SMILES string of the molecule is CC(C)c1ccc(CN2CCC[C@@H]2C(=O)NCc2ccco2)cc1. The van der Waals surface area contributed by atoms with Crippen LogP contribution in [0.5, 0.6) is 0 Å². The van der Waals surface area contributed by atoms with Gasteiger partial charge in [-0.05, 0) is 48.6 Å². The van der Waals surface area contributed by atoms with Crippen molar-refractivity contribution in [1.29, 1.82) is 0 Å². The molecule has 0 saturated carbocycles. The summed E-state index contributed by atoms with van der Waals surface area (Å²) in [7, 11) is 0. The molecule has 2 aromatic rings. The van der Waals surface area contributed by atoms with E-state index in [1.54, 1.807) is 6.26 Å². The Morgan fingerprint density at radius 3 is 2.75 bits per heavy atom. The Bertz CT molecular complexity index is 647. The predicted octanol–water partition coefficient (Wildman–Crippen LogP) is 3.68. The van der Waals surface area contributed by atoms with Crippen LogP contribution in [0, 0.1) is 0 Å². The van der Waals surface area contributed by atoms with Crippen molar-refractivity contribution >= 4 is 5.91 Å². The van der Waals surface area contributed by atoms with Crippen molar-refractivity contribution in [2.45, 2.75) is 51.7 Å². The average molecular weight is 326 g/mol. The predicted molar refractivity (Wildman–Crippen MR) is 94.5 cm³/mol. The van der Waals surface area contributed by atoms with Crippen LogP contribution in [0.15, 0.2) is 47.1 Å². The average Bonchev–Trinajstić information content (AvgIpc) is 3.25. The third kappa shape index (κ3) is 4.06. The highest BCUT2D eigenvalue weighted by Gasteiger charge is 2.30. The summed E-state index contributed by atoms with van der Waals surface area (Å²) < 4.78 is 5.27. The molecule has 0 unspecified atom stereocenters. The van der Waals surface area contributed by atoms with Gasteiger partial charge in [-0.15, -0.1) is 0 Å². The van der Waals surface area contributed by atoms with E-state index in [-0.39, 0.29) is 11.9 Å². The topological polar surface area (TPSA) is 45.5 Å². The Morgan fingerprint density at radius 1 is 1.29 bits per heavy atom. The monoisotopic (exact) mass is 326 g/mol. The molecule has 1 N–H and O–H groups in total. The van der Waals surface area contributed by atoms with Gasteiger partial charge in [-0.2, -0.15) is 0 Å². The van der Waals surface area contributed by atoms with Crippen molar-refractivity contribution < 1.29 is 9.21 Å². The largest absolute Gasteiger partial charge is 0.467 e. The van der Waals surface area contributed by atoms with Crippen LogP contribution in [-0.4, -0.2) is 23.4 Å². The summed E-state index contributed by atoms with van der Waals surface area (Å²) in [5, 5.41) is 2.99. The van der Waals surface area contributed by atoms with Gasteiger partial charge in [0.2, 0.25) is 5.91 Å². The van der Waals surface area contributed by atoms with E-state index >= 15 is 0 Å². The zero-order valence-corrected chi connectivity index (χ0v) is 14.5. The van der Waals surface area contributed by atoms with Gasteiger partial charge in [-0.25, -0.2) is 0 Å². The highest BCUT2D eigenvalue weighted by atomic mass is 16.3. The highest BCUT2D eigenvalue weighted by molar-refractivity contribution is 5.81. The maximum absolute atomic E-state index is 12.5. The number of carbonyl (C=O) groups excluding carboxylic acids is 1. The fourth-order valence-corrected chi connectivity index (χ4v) is 3.26. The quantitative estimate of drug-likeness (QED) is 0.881. The Balaban J connectivity index is 1.57. The molecule has 1 aromatic heterocycles. The molecule has 4 heteroatoms. The molecular formula is C20H26N2O2. The third-order valence-electron chi connectivity index (χ3n) is 4.72. The number of hydrogen-bond acceptors (Lipinski definition) is 3. The van der Waals surface area contributed by atoms with Crippen LogP contribution in [0.2, 0.25) is 0 Å². The van der Waals surface area contributed by atoms with Crippen molar-refractivity contribution in [2.75, 3.05) is 6.54 Å². The number of rotatable bonds is 6. The standard InChI is InChI=1S/C20H26N2O2/c1-15(2)17-9-7-16(8-10-17)14-22-11-3-6-19(22)20(23)21-13-18-5-4-12-24-18/h4-5,7-10,12,15,19H,3,6,11,13-14H2,1-2H3,(H,21,23)/t19-/m1/s1. The Morgan fingerprint density at radius 2 is 2.08 bits per heavy atom. The van der Waals surface area contributed by atoms with E-state index in [1.165, 1.54) is 11.1 Å². The lowest BCUT2D eigenvalue weighted by Gasteiger charge is -2.23. The molecule has 128 valence electrons. The van der Waals surface area contributed by atoms with Crippen LogP contribution < -0.4 is 5.32 Å². The van der Waals surface area contributed by atoms with Crippen molar-refractivity contribution in [3.63, 3.8) is 0 Å². The summed E-state index contributed by atoms with van der Waals surface area (Å²) in [5.74, 6) is 1.44. The molecule has 1 amide bonds. The van der Waals surface area contributed by atoms with Crippen LogP contribution in [0.4, 0.5) is 0 Å². The van der Waals surface area contributed by atoms with Gasteiger partial charge in [-0.3, -0.25) is 9.69 Å². The van der Waals surface area contributed by atoms with E-state index in [9.17, 15) is 4.79 Å². The van der Waals surface area contributed by atoms with E-state index < -0.39 is 0 Å². The van der Waals surface area contributed by atoms with E-state index in [4.69, 9.17) is 4.42 Å². The molecule has 0 aliphatic carbocycles. The first-order chi connectivity index (χ1) is 11.6. The van der Waals surface area contributed by atoms with Crippen molar-refractivity contribution in [3.05, 3.63) is 59.5 Å². The lowest BCUT2D eigenvalue weighted by atomic mass is 10.0. The number of benzene rings is 1. The summed E-state index contributed by atoms with van der Waals surface area (Å²) in [6, 6.07) is 12.4. The first-order valence-electron chi connectivity index (χ1n) is 8.76. The molecule has 1 aromatic carbocycles. The van der Waals surface area contributed by atoms with Gasteiger partial charge in [0.15, 0.2) is 0 Å². The van der Waals surface area contributed by atoms with E-state index in [0.717, 1.165) is 31.7 Å².